The number of para-hydroxylation sites is 1. The third kappa shape index (κ3) is 3.10. The minimum absolute atomic E-state index is 0.166. The largest absolute Gasteiger partial charge is 0.504 e. The summed E-state index contributed by atoms with van der Waals surface area (Å²) >= 11 is 0. The third-order valence-corrected chi connectivity index (χ3v) is 2.43. The molecular formula is C12H18N2O3. The molecule has 0 aliphatic rings. The Balaban J connectivity index is 2.97. The molecule has 1 amide bonds. The molecule has 0 atom stereocenters. The van der Waals surface area contributed by atoms with Gasteiger partial charge in [-0.25, -0.2) is 0 Å². The molecule has 1 aromatic carbocycles. The molecule has 0 saturated carbocycles. The van der Waals surface area contributed by atoms with Gasteiger partial charge in [0.25, 0.3) is 5.91 Å². The van der Waals surface area contributed by atoms with E-state index in [-0.39, 0.29) is 23.0 Å². The maximum Gasteiger partial charge on any atom is 0.255 e. The highest BCUT2D eigenvalue weighted by atomic mass is 16.5. The number of aromatic hydroxyl groups is 1. The van der Waals surface area contributed by atoms with Gasteiger partial charge in [-0.2, -0.15) is 0 Å². The van der Waals surface area contributed by atoms with Gasteiger partial charge in [-0.3, -0.25) is 4.79 Å². The van der Waals surface area contributed by atoms with E-state index in [0.29, 0.717) is 6.54 Å². The molecule has 0 unspecified atom stereocenters. The van der Waals surface area contributed by atoms with Crippen molar-refractivity contribution in [1.82, 2.24) is 5.32 Å². The van der Waals surface area contributed by atoms with E-state index >= 15 is 0 Å². The first-order valence-corrected chi connectivity index (χ1v) is 5.30. The Labute approximate surface area is 101 Å². The number of phenolic OH excluding ortho intramolecular Hbond substituents is 1. The number of ether oxygens (including phenoxy) is 1. The van der Waals surface area contributed by atoms with Gasteiger partial charge in [-0.15, -0.1) is 0 Å². The number of methoxy groups -OCH3 is 1. The summed E-state index contributed by atoms with van der Waals surface area (Å²) in [5.41, 5.74) is 5.18. The molecule has 17 heavy (non-hydrogen) atoms. The van der Waals surface area contributed by atoms with Crippen molar-refractivity contribution in [2.75, 3.05) is 13.7 Å². The summed E-state index contributed by atoms with van der Waals surface area (Å²) in [5.74, 6) is -0.277. The lowest BCUT2D eigenvalue weighted by molar-refractivity contribution is 0.0912. The lowest BCUT2D eigenvalue weighted by atomic mass is 10.0. The van der Waals surface area contributed by atoms with Crippen LogP contribution in [0.5, 0.6) is 11.5 Å². The van der Waals surface area contributed by atoms with Crippen LogP contribution in [0.1, 0.15) is 24.2 Å². The number of benzene rings is 1. The molecule has 0 heterocycles. The Morgan fingerprint density at radius 2 is 2.18 bits per heavy atom. The Morgan fingerprint density at radius 3 is 2.71 bits per heavy atom. The molecule has 0 fully saturated rings. The molecule has 5 nitrogen and oxygen atoms in total. The molecule has 0 aromatic heterocycles. The standard InChI is InChI=1S/C12H18N2O3/c1-12(2,7-13)14-11(16)8-5-4-6-9(17-3)10(8)15/h4-6,15H,7,13H2,1-3H3,(H,14,16). The highest BCUT2D eigenvalue weighted by molar-refractivity contribution is 5.98. The van der Waals surface area contributed by atoms with Gasteiger partial charge < -0.3 is 20.9 Å². The third-order valence-electron chi connectivity index (χ3n) is 2.43. The van der Waals surface area contributed by atoms with E-state index in [0.717, 1.165) is 0 Å². The number of carbonyl (C=O) groups is 1. The van der Waals surface area contributed by atoms with E-state index in [1.165, 1.54) is 13.2 Å². The normalized spacial score (nSPS) is 11.1. The minimum Gasteiger partial charge on any atom is -0.504 e. The predicted octanol–water partition coefficient (Wildman–Crippen LogP) is 0.868. The van der Waals surface area contributed by atoms with Crippen molar-refractivity contribution in [3.63, 3.8) is 0 Å². The Bertz CT molecular complexity index is 416. The zero-order chi connectivity index (χ0) is 13.1. The molecule has 5 heteroatoms. The lowest BCUT2D eigenvalue weighted by Gasteiger charge is -2.24. The fourth-order valence-electron chi connectivity index (χ4n) is 1.30. The van der Waals surface area contributed by atoms with E-state index < -0.39 is 5.54 Å². The SMILES string of the molecule is COc1cccc(C(=O)NC(C)(C)CN)c1O. The molecule has 94 valence electrons. The highest BCUT2D eigenvalue weighted by Gasteiger charge is 2.22. The average Bonchev–Trinajstić information content (AvgIpc) is 2.28. The van der Waals surface area contributed by atoms with Crippen LogP contribution in [0.15, 0.2) is 18.2 Å². The molecule has 1 aromatic rings. The van der Waals surface area contributed by atoms with Gasteiger partial charge in [0.05, 0.1) is 12.7 Å². The molecule has 0 aliphatic heterocycles. The van der Waals surface area contributed by atoms with Crippen LogP contribution >= 0.6 is 0 Å². The van der Waals surface area contributed by atoms with Crippen molar-refractivity contribution in [1.29, 1.82) is 0 Å². The van der Waals surface area contributed by atoms with Gasteiger partial charge in [0, 0.05) is 12.1 Å². The van der Waals surface area contributed by atoms with E-state index in [1.54, 1.807) is 12.1 Å². The fourth-order valence-corrected chi connectivity index (χ4v) is 1.30. The highest BCUT2D eigenvalue weighted by Crippen LogP contribution is 2.29. The van der Waals surface area contributed by atoms with E-state index in [9.17, 15) is 9.90 Å². The van der Waals surface area contributed by atoms with Crippen molar-refractivity contribution in [2.45, 2.75) is 19.4 Å². The molecule has 0 bridgehead atoms. The summed E-state index contributed by atoms with van der Waals surface area (Å²) in [6, 6.07) is 4.75. The number of amides is 1. The van der Waals surface area contributed by atoms with Gasteiger partial charge >= 0.3 is 0 Å². The minimum atomic E-state index is -0.521. The van der Waals surface area contributed by atoms with Crippen LogP contribution in [-0.4, -0.2) is 30.2 Å². The summed E-state index contributed by atoms with van der Waals surface area (Å²) < 4.78 is 4.94. The van der Waals surface area contributed by atoms with Crippen LogP contribution in [-0.2, 0) is 0 Å². The van der Waals surface area contributed by atoms with Crippen LogP contribution < -0.4 is 15.8 Å². The molecular weight excluding hydrogens is 220 g/mol. The van der Waals surface area contributed by atoms with Crippen LogP contribution in [0.4, 0.5) is 0 Å². The number of hydrogen-bond donors (Lipinski definition) is 3. The smallest absolute Gasteiger partial charge is 0.255 e. The topological polar surface area (TPSA) is 84.6 Å². The summed E-state index contributed by atoms with van der Waals surface area (Å²) in [4.78, 5) is 11.9. The second-order valence-electron chi connectivity index (χ2n) is 4.40. The number of nitrogens with one attached hydrogen (secondary N) is 1. The summed E-state index contributed by atoms with van der Waals surface area (Å²) in [7, 11) is 1.43. The number of rotatable bonds is 4. The lowest BCUT2D eigenvalue weighted by Crippen LogP contribution is -2.48. The summed E-state index contributed by atoms with van der Waals surface area (Å²) in [6.45, 7) is 3.92. The second kappa shape index (κ2) is 5.05. The Hall–Kier alpha value is -1.75. The zero-order valence-corrected chi connectivity index (χ0v) is 10.3. The van der Waals surface area contributed by atoms with Crippen molar-refractivity contribution in [3.8, 4) is 11.5 Å². The van der Waals surface area contributed by atoms with Crippen LogP contribution in [0.3, 0.4) is 0 Å². The number of carbonyl (C=O) groups excluding carboxylic acids is 1. The van der Waals surface area contributed by atoms with Crippen molar-refractivity contribution in [3.05, 3.63) is 23.8 Å². The first-order valence-electron chi connectivity index (χ1n) is 5.30. The van der Waals surface area contributed by atoms with E-state index in [4.69, 9.17) is 10.5 Å². The monoisotopic (exact) mass is 238 g/mol. The van der Waals surface area contributed by atoms with Crippen LogP contribution in [0.25, 0.3) is 0 Å². The van der Waals surface area contributed by atoms with Gasteiger partial charge in [0.1, 0.15) is 0 Å². The molecule has 0 spiro atoms. The van der Waals surface area contributed by atoms with Gasteiger partial charge in [0.2, 0.25) is 0 Å². The van der Waals surface area contributed by atoms with Gasteiger partial charge in [-0.1, -0.05) is 6.07 Å². The van der Waals surface area contributed by atoms with E-state index in [1.807, 2.05) is 13.8 Å². The average molecular weight is 238 g/mol. The van der Waals surface area contributed by atoms with E-state index in [2.05, 4.69) is 5.32 Å². The Morgan fingerprint density at radius 1 is 1.53 bits per heavy atom. The molecule has 4 N–H and O–H groups in total. The fraction of sp³-hybridized carbons (Fsp3) is 0.417. The number of phenols is 1. The number of hydrogen-bond acceptors (Lipinski definition) is 4. The van der Waals surface area contributed by atoms with Crippen molar-refractivity contribution in [2.24, 2.45) is 5.73 Å². The van der Waals surface area contributed by atoms with Crippen LogP contribution in [0, 0.1) is 0 Å². The second-order valence-corrected chi connectivity index (χ2v) is 4.40. The molecule has 0 aliphatic carbocycles. The molecule has 0 saturated heterocycles. The first-order chi connectivity index (χ1) is 7.91. The maximum atomic E-state index is 11.9. The van der Waals surface area contributed by atoms with Crippen LogP contribution in [0.2, 0.25) is 0 Å². The molecule has 0 radical (unpaired) electrons. The first kappa shape index (κ1) is 13.3. The quantitative estimate of drug-likeness (QED) is 0.726. The van der Waals surface area contributed by atoms with Crippen molar-refractivity contribution >= 4 is 5.91 Å². The number of nitrogens with two attached hydrogens (primary N) is 1. The summed E-state index contributed by atoms with van der Waals surface area (Å²) in [6.07, 6.45) is 0. The van der Waals surface area contributed by atoms with Gasteiger partial charge in [0.15, 0.2) is 11.5 Å². The van der Waals surface area contributed by atoms with Gasteiger partial charge in [-0.05, 0) is 26.0 Å². The maximum absolute atomic E-state index is 11.9. The molecule has 1 rings (SSSR count). The zero-order valence-electron chi connectivity index (χ0n) is 10.3. The summed E-state index contributed by atoms with van der Waals surface area (Å²) in [5, 5.41) is 12.5. The Kier molecular flexibility index (Phi) is 3.96. The van der Waals surface area contributed by atoms with Crippen molar-refractivity contribution < 1.29 is 14.6 Å². The predicted molar refractivity (Wildman–Crippen MR) is 65.3 cm³/mol.